The van der Waals surface area contributed by atoms with Crippen molar-refractivity contribution >= 4 is 39.0 Å². The zero-order chi connectivity index (χ0) is 17.5. The highest BCUT2D eigenvalue weighted by Gasteiger charge is 2.23. The molecular formula is C20H18FN5. The smallest absolute Gasteiger partial charge is 0.183 e. The predicted octanol–water partition coefficient (Wildman–Crippen LogP) is 4.40. The number of rotatable bonds is 3. The summed E-state index contributed by atoms with van der Waals surface area (Å²) in [5, 5.41) is 13.8. The SMILES string of the molecule is F[C@H]1CCN(c2cccc3cc(Nc4[nH]nc5ncccc45)ccc23)C1. The highest BCUT2D eigenvalue weighted by molar-refractivity contribution is 5.97. The van der Waals surface area contributed by atoms with Crippen LogP contribution < -0.4 is 10.2 Å². The van der Waals surface area contributed by atoms with Crippen molar-refractivity contribution in [1.82, 2.24) is 15.2 Å². The number of halogens is 1. The molecule has 3 heterocycles. The zero-order valence-electron chi connectivity index (χ0n) is 14.1. The number of aromatic amines is 1. The van der Waals surface area contributed by atoms with E-state index in [0.717, 1.165) is 39.9 Å². The normalized spacial score (nSPS) is 17.3. The van der Waals surface area contributed by atoms with Crippen LogP contribution in [-0.4, -0.2) is 34.4 Å². The van der Waals surface area contributed by atoms with Crippen LogP contribution in [0.25, 0.3) is 21.8 Å². The van der Waals surface area contributed by atoms with Crippen LogP contribution in [-0.2, 0) is 0 Å². The molecular weight excluding hydrogens is 329 g/mol. The molecule has 0 amide bonds. The molecule has 1 atom stereocenters. The van der Waals surface area contributed by atoms with Crippen LogP contribution in [0.5, 0.6) is 0 Å². The van der Waals surface area contributed by atoms with Crippen molar-refractivity contribution in [2.24, 2.45) is 0 Å². The van der Waals surface area contributed by atoms with Gasteiger partial charge in [0.25, 0.3) is 0 Å². The van der Waals surface area contributed by atoms with E-state index in [9.17, 15) is 4.39 Å². The minimum atomic E-state index is -0.728. The molecule has 1 saturated heterocycles. The molecule has 2 aromatic heterocycles. The van der Waals surface area contributed by atoms with Gasteiger partial charge in [0.15, 0.2) is 5.65 Å². The van der Waals surface area contributed by atoms with E-state index < -0.39 is 6.17 Å². The maximum absolute atomic E-state index is 13.6. The van der Waals surface area contributed by atoms with E-state index in [1.54, 1.807) is 6.20 Å². The number of nitrogens with zero attached hydrogens (tertiary/aromatic N) is 3. The Hall–Kier alpha value is -3.15. The first-order valence-electron chi connectivity index (χ1n) is 8.76. The first kappa shape index (κ1) is 15.1. The lowest BCUT2D eigenvalue weighted by Crippen LogP contribution is -2.20. The van der Waals surface area contributed by atoms with Crippen LogP contribution in [0.2, 0.25) is 0 Å². The third kappa shape index (κ3) is 2.54. The fourth-order valence-corrected chi connectivity index (χ4v) is 3.65. The lowest BCUT2D eigenvalue weighted by atomic mass is 10.1. The van der Waals surface area contributed by atoms with Gasteiger partial charge in [-0.3, -0.25) is 5.10 Å². The van der Waals surface area contributed by atoms with E-state index in [4.69, 9.17) is 0 Å². The second-order valence-electron chi connectivity index (χ2n) is 6.64. The van der Waals surface area contributed by atoms with Gasteiger partial charge < -0.3 is 10.2 Å². The molecule has 1 aliphatic heterocycles. The van der Waals surface area contributed by atoms with E-state index in [2.05, 4.69) is 49.7 Å². The standard InChI is InChI=1S/C20H18FN5/c21-14-8-10-26(12-14)18-5-1-3-13-11-15(6-7-16(13)18)23-20-17-4-2-9-22-19(17)24-25-20/h1-7,9,11,14H,8,10,12H2,(H2,22,23,24,25)/t14-/m0/s1. The molecule has 6 heteroatoms. The molecule has 0 aliphatic carbocycles. The fourth-order valence-electron chi connectivity index (χ4n) is 3.65. The number of hydrogen-bond acceptors (Lipinski definition) is 4. The maximum atomic E-state index is 13.6. The molecule has 2 aromatic carbocycles. The zero-order valence-corrected chi connectivity index (χ0v) is 14.1. The highest BCUT2D eigenvalue weighted by atomic mass is 19.1. The Morgan fingerprint density at radius 3 is 2.96 bits per heavy atom. The summed E-state index contributed by atoms with van der Waals surface area (Å²) in [6, 6.07) is 16.3. The minimum Gasteiger partial charge on any atom is -0.368 e. The molecule has 1 aliphatic rings. The first-order chi connectivity index (χ1) is 12.8. The molecule has 130 valence electrons. The van der Waals surface area contributed by atoms with Gasteiger partial charge >= 0.3 is 0 Å². The summed E-state index contributed by atoms with van der Waals surface area (Å²) in [7, 11) is 0. The van der Waals surface area contributed by atoms with Crippen LogP contribution >= 0.6 is 0 Å². The number of fused-ring (bicyclic) bond motifs is 2. The minimum absolute atomic E-state index is 0.478. The van der Waals surface area contributed by atoms with Crippen LogP contribution in [0.3, 0.4) is 0 Å². The Morgan fingerprint density at radius 1 is 1.12 bits per heavy atom. The van der Waals surface area contributed by atoms with Gasteiger partial charge in [-0.2, -0.15) is 5.10 Å². The van der Waals surface area contributed by atoms with Crippen molar-refractivity contribution in [1.29, 1.82) is 0 Å². The third-order valence-corrected chi connectivity index (χ3v) is 4.93. The number of anilines is 3. The van der Waals surface area contributed by atoms with Gasteiger partial charge in [-0.25, -0.2) is 9.37 Å². The molecule has 0 bridgehead atoms. The Bertz CT molecular complexity index is 1090. The Balaban J connectivity index is 1.50. The predicted molar refractivity (Wildman–Crippen MR) is 103 cm³/mol. The summed E-state index contributed by atoms with van der Waals surface area (Å²) in [6.45, 7) is 1.25. The largest absolute Gasteiger partial charge is 0.368 e. The van der Waals surface area contributed by atoms with Gasteiger partial charge in [0.05, 0.1) is 5.39 Å². The molecule has 26 heavy (non-hydrogen) atoms. The van der Waals surface area contributed by atoms with E-state index in [-0.39, 0.29) is 0 Å². The average Bonchev–Trinajstić information content (AvgIpc) is 3.28. The Morgan fingerprint density at radius 2 is 2.08 bits per heavy atom. The van der Waals surface area contributed by atoms with Crippen molar-refractivity contribution in [2.75, 3.05) is 23.3 Å². The number of aromatic nitrogens is 3. The van der Waals surface area contributed by atoms with Crippen molar-refractivity contribution in [2.45, 2.75) is 12.6 Å². The van der Waals surface area contributed by atoms with Crippen LogP contribution in [0.4, 0.5) is 21.6 Å². The quantitative estimate of drug-likeness (QED) is 0.577. The second-order valence-corrected chi connectivity index (χ2v) is 6.64. The summed E-state index contributed by atoms with van der Waals surface area (Å²) < 4.78 is 13.6. The van der Waals surface area contributed by atoms with E-state index >= 15 is 0 Å². The molecule has 0 spiro atoms. The van der Waals surface area contributed by atoms with Gasteiger partial charge in [-0.15, -0.1) is 0 Å². The van der Waals surface area contributed by atoms with Gasteiger partial charge in [0, 0.05) is 36.0 Å². The fraction of sp³-hybridized carbons (Fsp3) is 0.200. The van der Waals surface area contributed by atoms with Gasteiger partial charge in [-0.05, 0) is 42.1 Å². The van der Waals surface area contributed by atoms with Gasteiger partial charge in [-0.1, -0.05) is 18.2 Å². The Kier molecular flexibility index (Phi) is 3.48. The van der Waals surface area contributed by atoms with Crippen LogP contribution in [0.1, 0.15) is 6.42 Å². The number of nitrogens with one attached hydrogen (secondary N) is 2. The van der Waals surface area contributed by atoms with Crippen molar-refractivity contribution in [3.05, 3.63) is 54.7 Å². The van der Waals surface area contributed by atoms with Crippen molar-refractivity contribution in [3.63, 3.8) is 0 Å². The molecule has 0 radical (unpaired) electrons. The molecule has 5 rings (SSSR count). The van der Waals surface area contributed by atoms with Gasteiger partial charge in [0.2, 0.25) is 0 Å². The van der Waals surface area contributed by atoms with Crippen LogP contribution in [0.15, 0.2) is 54.7 Å². The highest BCUT2D eigenvalue weighted by Crippen LogP contribution is 2.32. The summed E-state index contributed by atoms with van der Waals surface area (Å²) in [5.74, 6) is 0.823. The summed E-state index contributed by atoms with van der Waals surface area (Å²) in [6.07, 6.45) is 1.61. The lowest BCUT2D eigenvalue weighted by molar-refractivity contribution is 0.364. The van der Waals surface area contributed by atoms with Gasteiger partial charge in [0.1, 0.15) is 12.0 Å². The number of benzene rings is 2. The second kappa shape index (κ2) is 5.98. The van der Waals surface area contributed by atoms with E-state index in [1.807, 2.05) is 24.3 Å². The maximum Gasteiger partial charge on any atom is 0.183 e. The summed E-state index contributed by atoms with van der Waals surface area (Å²) >= 11 is 0. The molecule has 0 unspecified atom stereocenters. The van der Waals surface area contributed by atoms with Crippen molar-refractivity contribution in [3.8, 4) is 0 Å². The summed E-state index contributed by atoms with van der Waals surface area (Å²) in [5.41, 5.74) is 2.76. The van der Waals surface area contributed by atoms with Crippen LogP contribution in [0, 0.1) is 0 Å². The number of alkyl halides is 1. The number of hydrogen-bond donors (Lipinski definition) is 2. The first-order valence-corrected chi connectivity index (χ1v) is 8.76. The Labute approximate surface area is 149 Å². The van der Waals surface area contributed by atoms with E-state index in [1.165, 1.54) is 0 Å². The monoisotopic (exact) mass is 347 g/mol. The van der Waals surface area contributed by atoms with Crippen molar-refractivity contribution < 1.29 is 4.39 Å². The molecule has 5 nitrogen and oxygen atoms in total. The number of pyridine rings is 1. The lowest BCUT2D eigenvalue weighted by Gasteiger charge is -2.20. The molecule has 1 fully saturated rings. The summed E-state index contributed by atoms with van der Waals surface area (Å²) in [4.78, 5) is 6.37. The third-order valence-electron chi connectivity index (χ3n) is 4.93. The molecule has 4 aromatic rings. The molecule has 2 N–H and O–H groups in total. The average molecular weight is 347 g/mol. The van der Waals surface area contributed by atoms with E-state index in [0.29, 0.717) is 18.6 Å². The molecule has 0 saturated carbocycles. The number of H-pyrrole nitrogens is 1. The topological polar surface area (TPSA) is 56.8 Å².